The highest BCUT2D eigenvalue weighted by atomic mass is 35.5. The molecule has 2 amide bonds. The number of amides is 2. The third-order valence-electron chi connectivity index (χ3n) is 5.12. The molecule has 0 spiro atoms. The predicted octanol–water partition coefficient (Wildman–Crippen LogP) is 4.41. The summed E-state index contributed by atoms with van der Waals surface area (Å²) in [7, 11) is 1.53. The summed E-state index contributed by atoms with van der Waals surface area (Å²) in [4.78, 5) is 27.7. The van der Waals surface area contributed by atoms with Crippen LogP contribution in [0.15, 0.2) is 78.9 Å². The lowest BCUT2D eigenvalue weighted by Gasteiger charge is -2.31. The van der Waals surface area contributed by atoms with Gasteiger partial charge in [0.1, 0.15) is 11.9 Å². The van der Waals surface area contributed by atoms with Crippen molar-refractivity contribution in [3.05, 3.63) is 106 Å². The Morgan fingerprint density at radius 3 is 2.19 bits per heavy atom. The topological polar surface area (TPSA) is 49.4 Å². The van der Waals surface area contributed by atoms with Gasteiger partial charge in [-0.1, -0.05) is 78.3 Å². The van der Waals surface area contributed by atoms with Gasteiger partial charge in [-0.15, -0.1) is 0 Å². The van der Waals surface area contributed by atoms with E-state index in [-0.39, 0.29) is 24.8 Å². The lowest BCUT2D eigenvalue weighted by Crippen LogP contribution is -2.50. The van der Waals surface area contributed by atoms with E-state index in [9.17, 15) is 14.0 Å². The third kappa shape index (κ3) is 5.92. The smallest absolute Gasteiger partial charge is 0.242 e. The van der Waals surface area contributed by atoms with Crippen LogP contribution in [-0.4, -0.2) is 29.8 Å². The summed E-state index contributed by atoms with van der Waals surface area (Å²) in [6, 6.07) is 22.0. The van der Waals surface area contributed by atoms with Gasteiger partial charge in [-0.3, -0.25) is 9.59 Å². The number of carbonyl (C=O) groups is 2. The number of benzene rings is 3. The molecule has 0 bridgehead atoms. The van der Waals surface area contributed by atoms with Crippen LogP contribution in [0.3, 0.4) is 0 Å². The zero-order valence-electron chi connectivity index (χ0n) is 17.2. The van der Waals surface area contributed by atoms with E-state index < -0.39 is 11.9 Å². The number of hydrogen-bond acceptors (Lipinski definition) is 2. The molecular weight excluding hydrogens is 415 g/mol. The Bertz CT molecular complexity index is 1040. The van der Waals surface area contributed by atoms with Crippen molar-refractivity contribution < 1.29 is 14.0 Å². The van der Waals surface area contributed by atoms with Gasteiger partial charge >= 0.3 is 0 Å². The van der Waals surface area contributed by atoms with Crippen LogP contribution in [0.2, 0.25) is 5.02 Å². The van der Waals surface area contributed by atoms with Crippen LogP contribution in [-0.2, 0) is 29.0 Å². The predicted molar refractivity (Wildman–Crippen MR) is 120 cm³/mol. The molecule has 0 heterocycles. The largest absolute Gasteiger partial charge is 0.357 e. The summed E-state index contributed by atoms with van der Waals surface area (Å²) >= 11 is 6.25. The van der Waals surface area contributed by atoms with Crippen LogP contribution >= 0.6 is 11.6 Å². The minimum atomic E-state index is -0.804. The zero-order valence-corrected chi connectivity index (χ0v) is 18.0. The fourth-order valence-corrected chi connectivity index (χ4v) is 3.64. The molecule has 0 unspecified atom stereocenters. The molecule has 0 aromatic heterocycles. The van der Waals surface area contributed by atoms with Crippen molar-refractivity contribution in [2.24, 2.45) is 0 Å². The third-order valence-corrected chi connectivity index (χ3v) is 5.48. The van der Waals surface area contributed by atoms with Gasteiger partial charge in [-0.05, 0) is 23.3 Å². The standard InChI is InChI=1S/C25H24ClFN2O2/c1-28-25(31)23(15-18-9-3-2-4-10-18)29(17-20-12-6-8-14-22(20)27)24(30)16-19-11-5-7-13-21(19)26/h2-14,23H,15-17H2,1H3,(H,28,31)/t23-/m0/s1. The van der Waals surface area contributed by atoms with Crippen LogP contribution in [0, 0.1) is 5.82 Å². The van der Waals surface area contributed by atoms with E-state index in [1.165, 1.54) is 18.0 Å². The van der Waals surface area contributed by atoms with E-state index in [0.717, 1.165) is 5.56 Å². The number of halogens is 2. The van der Waals surface area contributed by atoms with Gasteiger partial charge < -0.3 is 10.2 Å². The van der Waals surface area contributed by atoms with Crippen molar-refractivity contribution in [2.45, 2.75) is 25.4 Å². The van der Waals surface area contributed by atoms with Gasteiger partial charge in [0.15, 0.2) is 0 Å². The van der Waals surface area contributed by atoms with Crippen LogP contribution in [0.1, 0.15) is 16.7 Å². The summed E-state index contributed by atoms with van der Waals surface area (Å²) in [6.07, 6.45) is 0.319. The average molecular weight is 439 g/mol. The molecule has 0 aliphatic heterocycles. The second kappa shape index (κ2) is 10.7. The molecule has 31 heavy (non-hydrogen) atoms. The zero-order chi connectivity index (χ0) is 22.2. The molecule has 0 saturated heterocycles. The highest BCUT2D eigenvalue weighted by Gasteiger charge is 2.30. The molecule has 3 aromatic rings. The maximum atomic E-state index is 14.4. The average Bonchev–Trinajstić information content (AvgIpc) is 2.79. The van der Waals surface area contributed by atoms with Gasteiger partial charge in [0.2, 0.25) is 11.8 Å². The van der Waals surface area contributed by atoms with Crippen LogP contribution < -0.4 is 5.32 Å². The fraction of sp³-hybridized carbons (Fsp3) is 0.200. The fourth-order valence-electron chi connectivity index (χ4n) is 3.44. The summed E-state index contributed by atoms with van der Waals surface area (Å²) in [5.41, 5.74) is 1.90. The maximum Gasteiger partial charge on any atom is 0.242 e. The first-order valence-electron chi connectivity index (χ1n) is 10.0. The Hall–Kier alpha value is -3.18. The van der Waals surface area contributed by atoms with E-state index in [0.29, 0.717) is 22.6 Å². The molecule has 0 fully saturated rings. The summed E-state index contributed by atoms with van der Waals surface area (Å²) in [5.74, 6) is -1.04. The molecule has 0 radical (unpaired) electrons. The number of carbonyl (C=O) groups excluding carboxylic acids is 2. The second-order valence-corrected chi connectivity index (χ2v) is 7.61. The summed E-state index contributed by atoms with van der Waals surface area (Å²) < 4.78 is 14.4. The van der Waals surface area contributed by atoms with Crippen LogP contribution in [0.4, 0.5) is 4.39 Å². The molecule has 0 aliphatic carbocycles. The first-order valence-corrected chi connectivity index (χ1v) is 10.4. The molecule has 3 rings (SSSR count). The second-order valence-electron chi connectivity index (χ2n) is 7.20. The number of likely N-dealkylation sites (N-methyl/N-ethyl adjacent to an activating group) is 1. The highest BCUT2D eigenvalue weighted by Crippen LogP contribution is 2.20. The van der Waals surface area contributed by atoms with E-state index in [1.807, 2.05) is 30.3 Å². The molecule has 0 saturated carbocycles. The first kappa shape index (κ1) is 22.5. The number of hydrogen-bond donors (Lipinski definition) is 1. The Morgan fingerprint density at radius 2 is 1.55 bits per heavy atom. The quantitative estimate of drug-likeness (QED) is 0.566. The lowest BCUT2D eigenvalue weighted by atomic mass is 10.0. The minimum absolute atomic E-state index is 0.0103. The van der Waals surface area contributed by atoms with Gasteiger partial charge in [0, 0.05) is 30.6 Å². The Kier molecular flexibility index (Phi) is 7.79. The van der Waals surface area contributed by atoms with Crippen LogP contribution in [0.5, 0.6) is 0 Å². The molecule has 4 nitrogen and oxygen atoms in total. The Morgan fingerprint density at radius 1 is 0.935 bits per heavy atom. The van der Waals surface area contributed by atoms with Crippen molar-refractivity contribution >= 4 is 23.4 Å². The first-order chi connectivity index (χ1) is 15.0. The highest BCUT2D eigenvalue weighted by molar-refractivity contribution is 6.31. The van der Waals surface area contributed by atoms with Gasteiger partial charge in [0.05, 0.1) is 6.42 Å². The number of nitrogens with zero attached hydrogens (tertiary/aromatic N) is 1. The molecule has 160 valence electrons. The summed E-state index contributed by atoms with van der Waals surface area (Å²) in [6.45, 7) is -0.0269. The van der Waals surface area contributed by atoms with E-state index >= 15 is 0 Å². The Labute approximate surface area is 186 Å². The number of rotatable bonds is 8. The van der Waals surface area contributed by atoms with E-state index in [1.54, 1.807) is 42.5 Å². The van der Waals surface area contributed by atoms with Gasteiger partial charge in [-0.2, -0.15) is 0 Å². The Balaban J connectivity index is 1.97. The molecule has 0 aliphatic rings. The van der Waals surface area contributed by atoms with Crippen molar-refractivity contribution in [3.8, 4) is 0 Å². The number of nitrogens with one attached hydrogen (secondary N) is 1. The molecule has 3 aromatic carbocycles. The minimum Gasteiger partial charge on any atom is -0.357 e. The van der Waals surface area contributed by atoms with E-state index in [2.05, 4.69) is 5.32 Å². The summed E-state index contributed by atoms with van der Waals surface area (Å²) in [5, 5.41) is 3.12. The van der Waals surface area contributed by atoms with Crippen molar-refractivity contribution in [3.63, 3.8) is 0 Å². The molecule has 1 atom stereocenters. The van der Waals surface area contributed by atoms with Crippen molar-refractivity contribution in [1.29, 1.82) is 0 Å². The SMILES string of the molecule is CNC(=O)[C@H](Cc1ccccc1)N(Cc1ccccc1F)C(=O)Cc1ccccc1Cl. The molecular formula is C25H24ClFN2O2. The van der Waals surface area contributed by atoms with E-state index in [4.69, 9.17) is 11.6 Å². The van der Waals surface area contributed by atoms with Crippen molar-refractivity contribution in [1.82, 2.24) is 10.2 Å². The van der Waals surface area contributed by atoms with Gasteiger partial charge in [0.25, 0.3) is 0 Å². The lowest BCUT2D eigenvalue weighted by molar-refractivity contribution is -0.140. The van der Waals surface area contributed by atoms with Crippen LogP contribution in [0.25, 0.3) is 0 Å². The maximum absolute atomic E-state index is 14.4. The monoisotopic (exact) mass is 438 g/mol. The van der Waals surface area contributed by atoms with Gasteiger partial charge in [-0.25, -0.2) is 4.39 Å². The van der Waals surface area contributed by atoms with Crippen molar-refractivity contribution in [2.75, 3.05) is 7.05 Å². The molecule has 1 N–H and O–H groups in total. The normalized spacial score (nSPS) is 11.6. The molecule has 6 heteroatoms.